The molecule has 0 spiro atoms. The van der Waals surface area contributed by atoms with Crippen LogP contribution in [0.5, 0.6) is 0 Å². The van der Waals surface area contributed by atoms with E-state index in [0.29, 0.717) is 5.56 Å². The quantitative estimate of drug-likeness (QED) is 0.510. The second-order valence-corrected chi connectivity index (χ2v) is 11.8. The summed E-state index contributed by atoms with van der Waals surface area (Å²) in [5.74, 6) is 0.0302. The predicted molar refractivity (Wildman–Crippen MR) is 86.2 cm³/mol. The average molecular weight is 286 g/mol. The van der Waals surface area contributed by atoms with Gasteiger partial charge in [0.2, 0.25) is 0 Å². The summed E-state index contributed by atoms with van der Waals surface area (Å²) >= 11 is 0. The van der Waals surface area contributed by atoms with Gasteiger partial charge in [-0.25, -0.2) is 0 Å². The van der Waals surface area contributed by atoms with Crippen molar-refractivity contribution >= 4 is 13.9 Å². The van der Waals surface area contributed by atoms with Crippen LogP contribution in [0.2, 0.25) is 25.2 Å². The van der Waals surface area contributed by atoms with Gasteiger partial charge in [-0.3, -0.25) is 4.79 Å². The Hall–Kier alpha value is -1.49. The Balaban J connectivity index is 2.46. The Morgan fingerprint density at radius 3 is 2.30 bits per heavy atom. The number of benzene rings is 1. The number of Topliss-reactive ketones (excluding diaryl/α,β-unsaturated/α-hetero) is 1. The molecule has 0 radical (unpaired) electrons. The zero-order chi connectivity index (χ0) is 15.0. The van der Waals surface area contributed by atoms with Gasteiger partial charge in [0.15, 0.2) is 5.78 Å². The summed E-state index contributed by atoms with van der Waals surface area (Å²) in [5, 5.41) is 0. The maximum Gasteiger partial charge on any atom is 0.189 e. The molecule has 2 rings (SSSR count). The van der Waals surface area contributed by atoms with E-state index in [4.69, 9.17) is 11.5 Å². The molecule has 1 aromatic rings. The number of ketones is 1. The predicted octanol–water partition coefficient (Wildman–Crippen LogP) is 2.69. The standard InChI is InChI=1S/C16H22N2OSi/c1-20(2,3)15-13(10-7-11-16(15,17)18)14(19)12-8-5-4-6-9-12/h4-11,15H,17-18H2,1-3H3. The zero-order valence-corrected chi connectivity index (χ0v) is 13.3. The smallest absolute Gasteiger partial charge is 0.189 e. The van der Waals surface area contributed by atoms with Crippen LogP contribution in [0.1, 0.15) is 10.4 Å². The molecule has 0 bridgehead atoms. The number of carbonyl (C=O) groups is 1. The summed E-state index contributed by atoms with van der Waals surface area (Å²) in [5.41, 5.74) is 12.9. The van der Waals surface area contributed by atoms with Crippen molar-refractivity contribution in [2.45, 2.75) is 30.8 Å². The lowest BCUT2D eigenvalue weighted by Gasteiger charge is -2.42. The first kappa shape index (κ1) is 14.9. The van der Waals surface area contributed by atoms with Gasteiger partial charge in [0.1, 0.15) is 0 Å². The van der Waals surface area contributed by atoms with Crippen LogP contribution in [0.4, 0.5) is 0 Å². The van der Waals surface area contributed by atoms with Crippen LogP contribution in [-0.2, 0) is 0 Å². The minimum atomic E-state index is -1.74. The van der Waals surface area contributed by atoms with E-state index in [9.17, 15) is 4.79 Å². The third-order valence-electron chi connectivity index (χ3n) is 3.64. The van der Waals surface area contributed by atoms with Gasteiger partial charge in [0.05, 0.1) is 13.7 Å². The highest BCUT2D eigenvalue weighted by molar-refractivity contribution is 6.79. The second kappa shape index (κ2) is 5.13. The lowest BCUT2D eigenvalue weighted by Crippen LogP contribution is -2.59. The molecular formula is C16H22N2OSi. The van der Waals surface area contributed by atoms with E-state index in [1.807, 2.05) is 36.4 Å². The molecule has 0 aliphatic heterocycles. The normalized spacial score (nSPS) is 21.4. The molecule has 0 aromatic heterocycles. The molecule has 1 aromatic carbocycles. The molecule has 0 fully saturated rings. The van der Waals surface area contributed by atoms with Crippen LogP contribution in [0.3, 0.4) is 0 Å². The summed E-state index contributed by atoms with van der Waals surface area (Å²) in [6.07, 6.45) is 5.47. The molecule has 1 unspecified atom stereocenters. The maximum absolute atomic E-state index is 12.8. The average Bonchev–Trinajstić information content (AvgIpc) is 2.36. The minimum Gasteiger partial charge on any atom is -0.310 e. The SMILES string of the molecule is C[Si](C)(C)C1C(C(=O)c2ccccc2)=CC=CC1(N)N. The van der Waals surface area contributed by atoms with Gasteiger partial charge in [-0.05, 0) is 0 Å². The van der Waals surface area contributed by atoms with Crippen molar-refractivity contribution in [1.29, 1.82) is 0 Å². The van der Waals surface area contributed by atoms with Crippen LogP contribution < -0.4 is 11.5 Å². The Morgan fingerprint density at radius 2 is 1.75 bits per heavy atom. The van der Waals surface area contributed by atoms with Crippen molar-refractivity contribution in [1.82, 2.24) is 0 Å². The van der Waals surface area contributed by atoms with Gasteiger partial charge in [-0.1, -0.05) is 68.2 Å². The van der Waals surface area contributed by atoms with Gasteiger partial charge in [0, 0.05) is 16.7 Å². The third kappa shape index (κ3) is 2.82. The third-order valence-corrected chi connectivity index (χ3v) is 6.18. The summed E-state index contributed by atoms with van der Waals surface area (Å²) in [6.45, 7) is 6.58. The lowest BCUT2D eigenvalue weighted by atomic mass is 9.89. The van der Waals surface area contributed by atoms with Crippen LogP contribution in [-0.4, -0.2) is 19.5 Å². The van der Waals surface area contributed by atoms with Crippen LogP contribution >= 0.6 is 0 Å². The van der Waals surface area contributed by atoms with Gasteiger partial charge in [-0.15, -0.1) is 0 Å². The topological polar surface area (TPSA) is 69.1 Å². The van der Waals surface area contributed by atoms with E-state index in [1.165, 1.54) is 0 Å². The number of hydrogen-bond acceptors (Lipinski definition) is 3. The highest BCUT2D eigenvalue weighted by atomic mass is 28.3. The van der Waals surface area contributed by atoms with E-state index < -0.39 is 13.7 Å². The first-order chi connectivity index (χ1) is 9.23. The zero-order valence-electron chi connectivity index (χ0n) is 12.3. The monoisotopic (exact) mass is 286 g/mol. The second-order valence-electron chi connectivity index (χ2n) is 6.48. The van der Waals surface area contributed by atoms with Crippen molar-refractivity contribution in [3.05, 3.63) is 59.7 Å². The molecule has 0 saturated carbocycles. The fourth-order valence-corrected chi connectivity index (χ4v) is 5.72. The molecule has 1 aliphatic rings. The Labute approximate surface area is 121 Å². The van der Waals surface area contributed by atoms with Gasteiger partial charge >= 0.3 is 0 Å². The molecule has 0 heterocycles. The number of allylic oxidation sites excluding steroid dienone is 2. The van der Waals surface area contributed by atoms with E-state index in [-0.39, 0.29) is 11.3 Å². The van der Waals surface area contributed by atoms with E-state index >= 15 is 0 Å². The highest BCUT2D eigenvalue weighted by Gasteiger charge is 2.44. The fourth-order valence-electron chi connectivity index (χ4n) is 2.96. The van der Waals surface area contributed by atoms with E-state index in [2.05, 4.69) is 19.6 Å². The molecule has 20 heavy (non-hydrogen) atoms. The summed E-state index contributed by atoms with van der Waals surface area (Å²) in [6, 6.07) is 9.30. The van der Waals surface area contributed by atoms with Crippen molar-refractivity contribution in [2.75, 3.05) is 0 Å². The van der Waals surface area contributed by atoms with Crippen LogP contribution in [0.15, 0.2) is 54.1 Å². The van der Waals surface area contributed by atoms with Crippen molar-refractivity contribution in [3.63, 3.8) is 0 Å². The maximum atomic E-state index is 12.8. The Kier molecular flexibility index (Phi) is 3.82. The Morgan fingerprint density at radius 1 is 1.15 bits per heavy atom. The summed E-state index contributed by atoms with van der Waals surface area (Å²) in [7, 11) is -1.74. The molecule has 1 aliphatic carbocycles. The van der Waals surface area contributed by atoms with Gasteiger partial charge in [-0.2, -0.15) is 0 Å². The molecular weight excluding hydrogens is 264 g/mol. The lowest BCUT2D eigenvalue weighted by molar-refractivity contribution is 0.102. The van der Waals surface area contributed by atoms with Crippen LogP contribution in [0.25, 0.3) is 0 Å². The molecule has 4 heteroatoms. The molecule has 0 saturated heterocycles. The summed E-state index contributed by atoms with van der Waals surface area (Å²) < 4.78 is 0. The molecule has 0 amide bonds. The van der Waals surface area contributed by atoms with Crippen molar-refractivity contribution in [3.8, 4) is 0 Å². The number of nitrogens with two attached hydrogens (primary N) is 2. The fraction of sp³-hybridized carbons (Fsp3) is 0.312. The molecule has 4 N–H and O–H groups in total. The van der Waals surface area contributed by atoms with E-state index in [1.54, 1.807) is 12.2 Å². The van der Waals surface area contributed by atoms with E-state index in [0.717, 1.165) is 5.57 Å². The van der Waals surface area contributed by atoms with Crippen molar-refractivity contribution < 1.29 is 4.79 Å². The van der Waals surface area contributed by atoms with Gasteiger partial charge in [0.25, 0.3) is 0 Å². The number of rotatable bonds is 3. The van der Waals surface area contributed by atoms with Gasteiger partial charge < -0.3 is 11.5 Å². The Bertz CT molecular complexity index is 568. The molecule has 106 valence electrons. The first-order valence-corrected chi connectivity index (χ1v) is 10.4. The molecule has 1 atom stereocenters. The van der Waals surface area contributed by atoms with Crippen molar-refractivity contribution in [2.24, 2.45) is 11.5 Å². The summed E-state index contributed by atoms with van der Waals surface area (Å²) in [4.78, 5) is 12.8. The molecule has 3 nitrogen and oxygen atoms in total. The first-order valence-electron chi connectivity index (χ1n) is 6.80. The number of carbonyl (C=O) groups excluding carboxylic acids is 1. The largest absolute Gasteiger partial charge is 0.310 e. The number of hydrogen-bond donors (Lipinski definition) is 2. The minimum absolute atomic E-state index is 0.0302. The van der Waals surface area contributed by atoms with Crippen LogP contribution in [0, 0.1) is 0 Å². The highest BCUT2D eigenvalue weighted by Crippen LogP contribution is 2.40.